The number of ether oxygens (including phenoxy) is 3. The Kier molecular flexibility index (Phi) is 4.14. The first-order valence-electron chi connectivity index (χ1n) is 7.30. The number of phenolic OH excluding ortho intramolecular Hbond substituents is 2. The summed E-state index contributed by atoms with van der Waals surface area (Å²) in [5.41, 5.74) is 0.677. The van der Waals surface area contributed by atoms with Crippen molar-refractivity contribution >= 4 is 11.0 Å². The molecule has 25 heavy (non-hydrogen) atoms. The molecule has 0 bridgehead atoms. The second kappa shape index (κ2) is 6.27. The average Bonchev–Trinajstić information content (AvgIpc) is 2.60. The summed E-state index contributed by atoms with van der Waals surface area (Å²) in [6, 6.07) is 7.10. The van der Waals surface area contributed by atoms with E-state index >= 15 is 0 Å². The SMILES string of the molecule is COc1cc(-c2[o+]c3cc(O)cc(O)c3cc2O)cc(OC)c1OC. The van der Waals surface area contributed by atoms with Gasteiger partial charge in [-0.3, -0.25) is 0 Å². The molecule has 3 rings (SSSR count). The van der Waals surface area contributed by atoms with Crippen LogP contribution in [0.25, 0.3) is 22.3 Å². The standard InChI is InChI=1S/C18H16O7/c1-22-15-4-9(5-16(23-2)18(15)24-3)17-13(21)8-11-12(20)6-10(19)7-14(11)25-17/h4-8H,1-3H3,(H2-,19,20,21)/p+1. The van der Waals surface area contributed by atoms with Gasteiger partial charge in [0.25, 0.3) is 0 Å². The van der Waals surface area contributed by atoms with Crippen LogP contribution in [0.2, 0.25) is 0 Å². The second-order valence-corrected chi connectivity index (χ2v) is 5.25. The molecule has 2 aromatic carbocycles. The predicted molar refractivity (Wildman–Crippen MR) is 90.7 cm³/mol. The summed E-state index contributed by atoms with van der Waals surface area (Å²) in [4.78, 5) is 0. The van der Waals surface area contributed by atoms with Crippen LogP contribution >= 0.6 is 0 Å². The van der Waals surface area contributed by atoms with Gasteiger partial charge in [-0.25, -0.2) is 4.42 Å². The molecule has 0 atom stereocenters. The molecule has 0 saturated carbocycles. The molecule has 3 aromatic rings. The highest BCUT2D eigenvalue weighted by Gasteiger charge is 2.26. The number of fused-ring (bicyclic) bond motifs is 1. The van der Waals surface area contributed by atoms with E-state index < -0.39 is 0 Å². The third kappa shape index (κ3) is 2.80. The van der Waals surface area contributed by atoms with Gasteiger partial charge < -0.3 is 29.5 Å². The van der Waals surface area contributed by atoms with Crippen LogP contribution in [0.3, 0.4) is 0 Å². The minimum absolute atomic E-state index is 0.122. The molecular formula is C18H17O7+. The summed E-state index contributed by atoms with van der Waals surface area (Å²) in [5.74, 6) is 0.764. The first-order chi connectivity index (χ1) is 12.0. The van der Waals surface area contributed by atoms with Crippen LogP contribution in [0.1, 0.15) is 0 Å². The lowest BCUT2D eigenvalue weighted by Crippen LogP contribution is -1.95. The van der Waals surface area contributed by atoms with Crippen molar-refractivity contribution in [2.45, 2.75) is 0 Å². The van der Waals surface area contributed by atoms with Crippen molar-refractivity contribution in [1.82, 2.24) is 0 Å². The predicted octanol–water partition coefficient (Wildman–Crippen LogP) is 3.52. The van der Waals surface area contributed by atoms with Crippen LogP contribution in [0.15, 0.2) is 34.7 Å². The lowest BCUT2D eigenvalue weighted by Gasteiger charge is -2.12. The maximum atomic E-state index is 10.3. The highest BCUT2D eigenvalue weighted by atomic mass is 16.5. The number of hydrogen-bond acceptors (Lipinski definition) is 6. The maximum Gasteiger partial charge on any atom is 0.402 e. The summed E-state index contributed by atoms with van der Waals surface area (Å²) in [5, 5.41) is 30.1. The van der Waals surface area contributed by atoms with Gasteiger partial charge in [0.1, 0.15) is 16.9 Å². The molecule has 1 aromatic heterocycles. The normalized spacial score (nSPS) is 10.7. The Balaban J connectivity index is 2.27. The topological polar surface area (TPSA) is 99.7 Å². The van der Waals surface area contributed by atoms with E-state index in [2.05, 4.69) is 0 Å². The smallest absolute Gasteiger partial charge is 0.402 e. The number of benzene rings is 2. The van der Waals surface area contributed by atoms with Gasteiger partial charge in [-0.2, -0.15) is 0 Å². The van der Waals surface area contributed by atoms with Crippen LogP contribution in [0, 0.1) is 0 Å². The van der Waals surface area contributed by atoms with Gasteiger partial charge in [-0.15, -0.1) is 0 Å². The lowest BCUT2D eigenvalue weighted by molar-refractivity contribution is 0.324. The highest BCUT2D eigenvalue weighted by Crippen LogP contribution is 2.44. The maximum absolute atomic E-state index is 10.3. The van der Waals surface area contributed by atoms with Crippen LogP contribution in [-0.4, -0.2) is 36.6 Å². The van der Waals surface area contributed by atoms with Crippen LogP contribution in [-0.2, 0) is 0 Å². The molecule has 0 fully saturated rings. The van der Waals surface area contributed by atoms with Gasteiger partial charge in [0.05, 0.1) is 33.0 Å². The summed E-state index contributed by atoms with van der Waals surface area (Å²) in [7, 11) is 4.45. The van der Waals surface area contributed by atoms with Crippen molar-refractivity contribution in [3.8, 4) is 45.8 Å². The largest absolute Gasteiger partial charge is 0.507 e. The molecule has 3 N–H and O–H groups in total. The fourth-order valence-electron chi connectivity index (χ4n) is 2.61. The number of aromatic hydroxyl groups is 3. The molecule has 7 heteroatoms. The van der Waals surface area contributed by atoms with E-state index in [1.165, 1.54) is 33.5 Å². The number of phenols is 2. The molecule has 130 valence electrons. The van der Waals surface area contributed by atoms with Crippen LogP contribution < -0.4 is 14.2 Å². The summed E-state index contributed by atoms with van der Waals surface area (Å²) >= 11 is 0. The number of hydrogen-bond donors (Lipinski definition) is 3. The second-order valence-electron chi connectivity index (χ2n) is 5.25. The zero-order valence-corrected chi connectivity index (χ0v) is 13.9. The molecular weight excluding hydrogens is 328 g/mol. The summed E-state index contributed by atoms with van der Waals surface area (Å²) < 4.78 is 21.6. The van der Waals surface area contributed by atoms with E-state index in [9.17, 15) is 15.3 Å². The molecule has 0 spiro atoms. The van der Waals surface area contributed by atoms with E-state index in [0.29, 0.717) is 22.8 Å². The Morgan fingerprint density at radius 2 is 1.40 bits per heavy atom. The molecule has 1 heterocycles. The van der Waals surface area contributed by atoms with Gasteiger partial charge in [0.2, 0.25) is 11.5 Å². The molecule has 0 radical (unpaired) electrons. The number of rotatable bonds is 4. The van der Waals surface area contributed by atoms with Crippen molar-refractivity contribution in [2.24, 2.45) is 0 Å². The van der Waals surface area contributed by atoms with Gasteiger partial charge in [0, 0.05) is 24.3 Å². The minimum Gasteiger partial charge on any atom is -0.507 e. The molecule has 0 amide bonds. The minimum atomic E-state index is -0.203. The molecule has 0 aliphatic carbocycles. The first-order valence-corrected chi connectivity index (χ1v) is 7.30. The zero-order valence-electron chi connectivity index (χ0n) is 13.9. The van der Waals surface area contributed by atoms with Gasteiger partial charge in [0.15, 0.2) is 11.5 Å². The Morgan fingerprint density at radius 3 is 1.96 bits per heavy atom. The highest BCUT2D eigenvalue weighted by molar-refractivity contribution is 5.88. The van der Waals surface area contributed by atoms with E-state index in [-0.39, 0.29) is 34.0 Å². The van der Waals surface area contributed by atoms with Crippen molar-refractivity contribution in [1.29, 1.82) is 0 Å². The molecule has 0 aliphatic heterocycles. The fourth-order valence-corrected chi connectivity index (χ4v) is 2.61. The van der Waals surface area contributed by atoms with Crippen molar-refractivity contribution in [3.05, 3.63) is 30.3 Å². The van der Waals surface area contributed by atoms with Gasteiger partial charge in [-0.1, -0.05) is 0 Å². The summed E-state index contributed by atoms with van der Waals surface area (Å²) in [6.07, 6.45) is 0. The zero-order chi connectivity index (χ0) is 18.1. The van der Waals surface area contributed by atoms with Gasteiger partial charge in [-0.05, 0) is 0 Å². The molecule has 0 saturated heterocycles. The van der Waals surface area contributed by atoms with E-state index in [1.54, 1.807) is 12.1 Å². The Hall–Kier alpha value is -3.35. The van der Waals surface area contributed by atoms with Crippen LogP contribution in [0.5, 0.6) is 34.5 Å². The van der Waals surface area contributed by atoms with Crippen molar-refractivity contribution < 1.29 is 33.9 Å². The molecule has 7 nitrogen and oxygen atoms in total. The summed E-state index contributed by atoms with van der Waals surface area (Å²) in [6.45, 7) is 0. The van der Waals surface area contributed by atoms with Gasteiger partial charge >= 0.3 is 11.3 Å². The van der Waals surface area contributed by atoms with E-state index in [0.717, 1.165) is 6.07 Å². The number of methoxy groups -OCH3 is 3. The molecule has 0 unspecified atom stereocenters. The van der Waals surface area contributed by atoms with Crippen molar-refractivity contribution in [3.63, 3.8) is 0 Å². The third-order valence-corrected chi connectivity index (χ3v) is 3.76. The molecule has 0 aliphatic rings. The Bertz CT molecular complexity index is 925. The Labute approximate surface area is 143 Å². The van der Waals surface area contributed by atoms with E-state index in [1.807, 2.05) is 0 Å². The van der Waals surface area contributed by atoms with Crippen molar-refractivity contribution in [2.75, 3.05) is 21.3 Å². The van der Waals surface area contributed by atoms with Crippen LogP contribution in [0.4, 0.5) is 0 Å². The third-order valence-electron chi connectivity index (χ3n) is 3.76. The Morgan fingerprint density at radius 1 is 0.760 bits per heavy atom. The van der Waals surface area contributed by atoms with E-state index in [4.69, 9.17) is 18.6 Å². The monoisotopic (exact) mass is 345 g/mol. The quantitative estimate of drug-likeness (QED) is 0.622. The average molecular weight is 345 g/mol. The first kappa shape index (κ1) is 16.5. The lowest BCUT2D eigenvalue weighted by atomic mass is 10.1. The fraction of sp³-hybridized carbons (Fsp3) is 0.167.